The smallest absolute Gasteiger partial charge is 0.116 e. The standard InChI is InChI=1S/C14H12BrN3S/c15-12-3-1-2-10(6-12)7-18-8-13(16)14(17-18)11-4-5-19-9-11/h1-6,8-9H,7,16H2. The van der Waals surface area contributed by atoms with Crippen LogP contribution in [0.1, 0.15) is 5.56 Å². The van der Waals surface area contributed by atoms with Crippen LogP contribution in [-0.2, 0) is 6.54 Å². The van der Waals surface area contributed by atoms with E-state index in [1.165, 1.54) is 5.56 Å². The minimum Gasteiger partial charge on any atom is -0.396 e. The van der Waals surface area contributed by atoms with Gasteiger partial charge >= 0.3 is 0 Å². The summed E-state index contributed by atoms with van der Waals surface area (Å²) in [5.74, 6) is 0. The molecule has 2 aromatic heterocycles. The molecule has 1 aromatic carbocycles. The zero-order valence-corrected chi connectivity index (χ0v) is 12.5. The molecule has 0 atom stereocenters. The minimum atomic E-state index is 0.716. The molecule has 0 aliphatic heterocycles. The largest absolute Gasteiger partial charge is 0.396 e. The SMILES string of the molecule is Nc1cn(Cc2cccc(Br)c2)nc1-c1ccsc1. The van der Waals surface area contributed by atoms with E-state index in [9.17, 15) is 0 Å². The molecule has 0 aliphatic rings. The number of nitrogen functional groups attached to an aromatic ring is 1. The molecular formula is C14H12BrN3S. The van der Waals surface area contributed by atoms with Crippen molar-refractivity contribution in [2.75, 3.05) is 5.73 Å². The van der Waals surface area contributed by atoms with E-state index < -0.39 is 0 Å². The molecule has 3 rings (SSSR count). The first kappa shape index (κ1) is 12.4. The van der Waals surface area contributed by atoms with Crippen molar-refractivity contribution >= 4 is 33.0 Å². The quantitative estimate of drug-likeness (QED) is 0.787. The Morgan fingerprint density at radius 1 is 1.32 bits per heavy atom. The van der Waals surface area contributed by atoms with Crippen molar-refractivity contribution in [1.29, 1.82) is 0 Å². The Morgan fingerprint density at radius 3 is 2.95 bits per heavy atom. The van der Waals surface area contributed by atoms with Crippen LogP contribution >= 0.6 is 27.3 Å². The Bertz CT molecular complexity index is 689. The number of aromatic nitrogens is 2. The van der Waals surface area contributed by atoms with Gasteiger partial charge in [0.25, 0.3) is 0 Å². The Kier molecular flexibility index (Phi) is 3.40. The predicted molar refractivity (Wildman–Crippen MR) is 83.2 cm³/mol. The van der Waals surface area contributed by atoms with E-state index in [0.29, 0.717) is 12.2 Å². The first-order valence-electron chi connectivity index (χ1n) is 5.82. The highest BCUT2D eigenvalue weighted by molar-refractivity contribution is 9.10. The Hall–Kier alpha value is -1.59. The summed E-state index contributed by atoms with van der Waals surface area (Å²) < 4.78 is 2.95. The molecule has 2 N–H and O–H groups in total. The number of rotatable bonds is 3. The van der Waals surface area contributed by atoms with Crippen molar-refractivity contribution in [3.63, 3.8) is 0 Å². The average molecular weight is 334 g/mol. The van der Waals surface area contributed by atoms with E-state index in [1.807, 2.05) is 34.5 Å². The van der Waals surface area contributed by atoms with E-state index in [0.717, 1.165) is 15.7 Å². The molecule has 19 heavy (non-hydrogen) atoms. The normalized spacial score (nSPS) is 10.8. The second-order valence-corrected chi connectivity index (χ2v) is 5.97. The molecule has 0 radical (unpaired) electrons. The van der Waals surface area contributed by atoms with Gasteiger partial charge in [-0.15, -0.1) is 0 Å². The zero-order valence-electron chi connectivity index (χ0n) is 10.1. The van der Waals surface area contributed by atoms with Crippen LogP contribution in [0, 0.1) is 0 Å². The van der Waals surface area contributed by atoms with Crippen molar-refractivity contribution in [1.82, 2.24) is 9.78 Å². The van der Waals surface area contributed by atoms with Gasteiger partial charge in [-0.3, -0.25) is 4.68 Å². The summed E-state index contributed by atoms with van der Waals surface area (Å²) in [5, 5.41) is 8.65. The molecule has 0 amide bonds. The van der Waals surface area contributed by atoms with E-state index in [1.54, 1.807) is 11.3 Å². The molecule has 3 aromatic rings. The lowest BCUT2D eigenvalue weighted by molar-refractivity contribution is 0.689. The lowest BCUT2D eigenvalue weighted by Gasteiger charge is -2.02. The van der Waals surface area contributed by atoms with Crippen LogP contribution in [0.2, 0.25) is 0 Å². The van der Waals surface area contributed by atoms with Crippen molar-refractivity contribution in [3.05, 3.63) is 57.3 Å². The molecule has 0 unspecified atom stereocenters. The summed E-state index contributed by atoms with van der Waals surface area (Å²) in [6, 6.07) is 10.2. The van der Waals surface area contributed by atoms with E-state index >= 15 is 0 Å². The molecule has 96 valence electrons. The van der Waals surface area contributed by atoms with Crippen LogP contribution in [0.15, 0.2) is 51.8 Å². The van der Waals surface area contributed by atoms with E-state index in [2.05, 4.69) is 38.5 Å². The minimum absolute atomic E-state index is 0.716. The highest BCUT2D eigenvalue weighted by atomic mass is 79.9. The first-order chi connectivity index (χ1) is 9.22. The summed E-state index contributed by atoms with van der Waals surface area (Å²) >= 11 is 5.12. The number of hydrogen-bond acceptors (Lipinski definition) is 3. The summed E-state index contributed by atoms with van der Waals surface area (Å²) in [5.41, 5.74) is 9.87. The van der Waals surface area contributed by atoms with Crippen LogP contribution in [0.4, 0.5) is 5.69 Å². The monoisotopic (exact) mass is 333 g/mol. The molecule has 2 heterocycles. The summed E-state index contributed by atoms with van der Waals surface area (Å²) in [4.78, 5) is 0. The molecule has 0 aliphatic carbocycles. The molecule has 0 saturated carbocycles. The number of hydrogen-bond donors (Lipinski definition) is 1. The highest BCUT2D eigenvalue weighted by Gasteiger charge is 2.09. The van der Waals surface area contributed by atoms with Gasteiger partial charge < -0.3 is 5.73 Å². The third kappa shape index (κ3) is 2.72. The van der Waals surface area contributed by atoms with Gasteiger partial charge in [-0.05, 0) is 29.1 Å². The maximum absolute atomic E-state index is 6.03. The summed E-state index contributed by atoms with van der Waals surface area (Å²) in [6.45, 7) is 0.716. The Balaban J connectivity index is 1.89. The van der Waals surface area contributed by atoms with Gasteiger partial charge in [-0.25, -0.2) is 0 Å². The van der Waals surface area contributed by atoms with E-state index in [-0.39, 0.29) is 0 Å². The third-order valence-electron chi connectivity index (χ3n) is 2.82. The zero-order chi connectivity index (χ0) is 13.2. The predicted octanol–water partition coefficient (Wildman–Crippen LogP) is 4.00. The fourth-order valence-corrected chi connectivity index (χ4v) is 3.05. The van der Waals surface area contributed by atoms with Crippen LogP contribution in [0.25, 0.3) is 11.3 Å². The van der Waals surface area contributed by atoms with Gasteiger partial charge in [0.05, 0.1) is 12.2 Å². The van der Waals surface area contributed by atoms with Crippen molar-refractivity contribution in [2.24, 2.45) is 0 Å². The van der Waals surface area contributed by atoms with Gasteiger partial charge in [-0.2, -0.15) is 16.4 Å². The van der Waals surface area contributed by atoms with Crippen molar-refractivity contribution in [3.8, 4) is 11.3 Å². The topological polar surface area (TPSA) is 43.8 Å². The highest BCUT2D eigenvalue weighted by Crippen LogP contribution is 2.26. The molecule has 0 bridgehead atoms. The number of benzene rings is 1. The molecular weight excluding hydrogens is 322 g/mol. The van der Waals surface area contributed by atoms with Crippen LogP contribution in [-0.4, -0.2) is 9.78 Å². The number of anilines is 1. The number of nitrogens with two attached hydrogens (primary N) is 1. The first-order valence-corrected chi connectivity index (χ1v) is 7.56. The van der Waals surface area contributed by atoms with E-state index in [4.69, 9.17) is 5.73 Å². The van der Waals surface area contributed by atoms with Crippen LogP contribution in [0.5, 0.6) is 0 Å². The fraction of sp³-hybridized carbons (Fsp3) is 0.0714. The lowest BCUT2D eigenvalue weighted by Crippen LogP contribution is -2.00. The Labute approximate surface area is 123 Å². The number of nitrogens with zero attached hydrogens (tertiary/aromatic N) is 2. The maximum Gasteiger partial charge on any atom is 0.116 e. The maximum atomic E-state index is 6.03. The van der Waals surface area contributed by atoms with Gasteiger partial charge in [0.2, 0.25) is 0 Å². The number of halogens is 1. The van der Waals surface area contributed by atoms with Crippen molar-refractivity contribution in [2.45, 2.75) is 6.54 Å². The molecule has 3 nitrogen and oxygen atoms in total. The molecule has 0 fully saturated rings. The average Bonchev–Trinajstić information content (AvgIpc) is 2.98. The lowest BCUT2D eigenvalue weighted by atomic mass is 10.2. The fourth-order valence-electron chi connectivity index (χ4n) is 1.96. The van der Waals surface area contributed by atoms with Gasteiger partial charge in [0.15, 0.2) is 0 Å². The van der Waals surface area contributed by atoms with Crippen molar-refractivity contribution < 1.29 is 0 Å². The van der Waals surface area contributed by atoms with Gasteiger partial charge in [-0.1, -0.05) is 28.1 Å². The number of thiophene rings is 1. The molecule has 0 spiro atoms. The van der Waals surface area contributed by atoms with Crippen LogP contribution < -0.4 is 5.73 Å². The van der Waals surface area contributed by atoms with Crippen LogP contribution in [0.3, 0.4) is 0 Å². The Morgan fingerprint density at radius 2 is 2.21 bits per heavy atom. The molecule has 0 saturated heterocycles. The second-order valence-electron chi connectivity index (χ2n) is 4.27. The molecule has 5 heteroatoms. The summed E-state index contributed by atoms with van der Waals surface area (Å²) in [6.07, 6.45) is 1.88. The second kappa shape index (κ2) is 5.19. The van der Waals surface area contributed by atoms with Gasteiger partial charge in [0, 0.05) is 21.6 Å². The van der Waals surface area contributed by atoms with Gasteiger partial charge in [0.1, 0.15) is 5.69 Å². The third-order valence-corrected chi connectivity index (χ3v) is 3.99. The summed E-state index contributed by atoms with van der Waals surface area (Å²) in [7, 11) is 0.